The highest BCUT2D eigenvalue weighted by Gasteiger charge is 2.33. The van der Waals surface area contributed by atoms with Crippen LogP contribution >= 0.6 is 11.3 Å². The maximum Gasteiger partial charge on any atom is 0.573 e. The number of hydrogen-bond acceptors (Lipinski definition) is 3. The summed E-state index contributed by atoms with van der Waals surface area (Å²) in [6.45, 7) is 0. The zero-order valence-corrected chi connectivity index (χ0v) is 10.8. The van der Waals surface area contributed by atoms with Crippen LogP contribution in [-0.2, 0) is 0 Å². The molecule has 2 nitrogen and oxygen atoms in total. The molecule has 3 aromatic rings. The second-order valence-electron chi connectivity index (χ2n) is 4.18. The Morgan fingerprint density at radius 1 is 0.905 bits per heavy atom. The highest BCUT2D eigenvalue weighted by atomic mass is 32.1. The summed E-state index contributed by atoms with van der Waals surface area (Å²) in [5.74, 6) is -3.75. The third-order valence-corrected chi connectivity index (χ3v) is 4.06. The smallest absolute Gasteiger partial charge is 0.505 e. The Kier molecular flexibility index (Phi) is 2.94. The minimum absolute atomic E-state index is 0.0342. The molecule has 8 heteroatoms. The van der Waals surface area contributed by atoms with Gasteiger partial charge in [-0.2, -0.15) is 0 Å². The van der Waals surface area contributed by atoms with Crippen molar-refractivity contribution in [2.75, 3.05) is 0 Å². The number of thiophene rings is 1. The Bertz CT molecular complexity index is 853. The van der Waals surface area contributed by atoms with Crippen molar-refractivity contribution in [3.05, 3.63) is 35.9 Å². The minimum Gasteiger partial charge on any atom is -0.505 e. The lowest BCUT2D eigenvalue weighted by Gasteiger charge is -2.09. The fourth-order valence-electron chi connectivity index (χ4n) is 2.01. The van der Waals surface area contributed by atoms with Gasteiger partial charge in [-0.15, -0.1) is 24.5 Å². The number of benzene rings is 2. The largest absolute Gasteiger partial charge is 0.573 e. The summed E-state index contributed by atoms with van der Waals surface area (Å²) in [7, 11) is 0. The highest BCUT2D eigenvalue weighted by molar-refractivity contribution is 7.25. The molecule has 0 spiro atoms. The normalized spacial score (nSPS) is 12.2. The molecule has 0 amide bonds. The first-order valence-electron chi connectivity index (χ1n) is 5.56. The van der Waals surface area contributed by atoms with E-state index in [-0.39, 0.29) is 14.8 Å². The van der Waals surface area contributed by atoms with Gasteiger partial charge in [-0.1, -0.05) is 0 Å². The lowest BCUT2D eigenvalue weighted by Crippen LogP contribution is -2.17. The standard InChI is InChI=1S/C13H5F5O2S/c14-9-7(19)3-1-5-6-2-4-8(20-13(16,17)18)10(15)12(6)21-11(5)9/h1-4,19H. The molecule has 0 aliphatic rings. The van der Waals surface area contributed by atoms with Crippen molar-refractivity contribution in [2.24, 2.45) is 0 Å². The molecule has 0 atom stereocenters. The Balaban J connectivity index is 2.29. The van der Waals surface area contributed by atoms with Crippen LogP contribution in [0.5, 0.6) is 11.5 Å². The van der Waals surface area contributed by atoms with Gasteiger partial charge < -0.3 is 9.84 Å². The van der Waals surface area contributed by atoms with Gasteiger partial charge in [0.1, 0.15) is 0 Å². The SMILES string of the molecule is Oc1ccc2c(sc3c(F)c(OC(F)(F)F)ccc32)c1F. The van der Waals surface area contributed by atoms with Crippen molar-refractivity contribution >= 4 is 31.5 Å². The van der Waals surface area contributed by atoms with Gasteiger partial charge in [0.2, 0.25) is 0 Å². The monoisotopic (exact) mass is 320 g/mol. The van der Waals surface area contributed by atoms with E-state index in [0.29, 0.717) is 16.7 Å². The summed E-state index contributed by atoms with van der Waals surface area (Å²) in [6, 6.07) is 4.52. The summed E-state index contributed by atoms with van der Waals surface area (Å²) in [5.41, 5.74) is 0. The fraction of sp³-hybridized carbons (Fsp3) is 0.0769. The van der Waals surface area contributed by atoms with Crippen LogP contribution in [-0.4, -0.2) is 11.5 Å². The van der Waals surface area contributed by atoms with Gasteiger partial charge in [0.15, 0.2) is 23.1 Å². The van der Waals surface area contributed by atoms with Gasteiger partial charge in [0.05, 0.1) is 9.40 Å². The molecule has 1 N–H and O–H groups in total. The molecule has 0 aliphatic heterocycles. The van der Waals surface area contributed by atoms with Crippen LogP contribution in [0.2, 0.25) is 0 Å². The molecule has 0 aliphatic carbocycles. The topological polar surface area (TPSA) is 29.5 Å². The fourth-order valence-corrected chi connectivity index (χ4v) is 3.18. The van der Waals surface area contributed by atoms with Gasteiger partial charge in [-0.05, 0) is 24.3 Å². The van der Waals surface area contributed by atoms with Crippen molar-refractivity contribution in [1.82, 2.24) is 0 Å². The second-order valence-corrected chi connectivity index (χ2v) is 5.20. The van der Waals surface area contributed by atoms with Crippen LogP contribution < -0.4 is 4.74 Å². The maximum absolute atomic E-state index is 14.1. The van der Waals surface area contributed by atoms with Gasteiger partial charge >= 0.3 is 6.36 Å². The first-order valence-corrected chi connectivity index (χ1v) is 6.37. The molecule has 3 rings (SSSR count). The van der Waals surface area contributed by atoms with E-state index in [1.54, 1.807) is 0 Å². The summed E-state index contributed by atoms with van der Waals surface area (Å²) >= 11 is 0.612. The van der Waals surface area contributed by atoms with Crippen LogP contribution in [0, 0.1) is 11.6 Å². The molecular weight excluding hydrogens is 315 g/mol. The van der Waals surface area contributed by atoms with E-state index in [0.717, 1.165) is 12.1 Å². The highest BCUT2D eigenvalue weighted by Crippen LogP contribution is 2.42. The van der Waals surface area contributed by atoms with E-state index in [9.17, 15) is 27.1 Å². The number of hydrogen-bond donors (Lipinski definition) is 1. The second kappa shape index (κ2) is 4.45. The lowest BCUT2D eigenvalue weighted by molar-refractivity contribution is -0.275. The Morgan fingerprint density at radius 3 is 2.10 bits per heavy atom. The van der Waals surface area contributed by atoms with E-state index < -0.39 is 29.5 Å². The Hall–Kier alpha value is -2.09. The molecule has 0 radical (unpaired) electrons. The number of fused-ring (bicyclic) bond motifs is 3. The first-order chi connectivity index (χ1) is 9.78. The van der Waals surface area contributed by atoms with Crippen LogP contribution in [0.3, 0.4) is 0 Å². The lowest BCUT2D eigenvalue weighted by atomic mass is 10.1. The van der Waals surface area contributed by atoms with Crippen molar-refractivity contribution < 1.29 is 31.8 Å². The number of aromatic hydroxyl groups is 1. The van der Waals surface area contributed by atoms with E-state index in [2.05, 4.69) is 4.74 Å². The van der Waals surface area contributed by atoms with Gasteiger partial charge in [-0.3, -0.25) is 0 Å². The van der Waals surface area contributed by atoms with Crippen molar-refractivity contribution in [2.45, 2.75) is 6.36 Å². The van der Waals surface area contributed by atoms with Crippen LogP contribution in [0.1, 0.15) is 0 Å². The first kappa shape index (κ1) is 13.9. The quantitative estimate of drug-likeness (QED) is 0.644. The molecule has 1 heterocycles. The number of halogens is 5. The predicted octanol–water partition coefficient (Wildman–Crippen LogP) is 4.94. The van der Waals surface area contributed by atoms with Crippen molar-refractivity contribution in [3.8, 4) is 11.5 Å². The molecule has 0 saturated heterocycles. The summed E-state index contributed by atoms with van der Waals surface area (Å²) in [5, 5.41) is 9.84. The molecule has 0 saturated carbocycles. The molecule has 110 valence electrons. The van der Waals surface area contributed by atoms with Crippen molar-refractivity contribution in [3.63, 3.8) is 0 Å². The summed E-state index contributed by atoms with van der Waals surface area (Å²) in [6.07, 6.45) is -5.02. The van der Waals surface area contributed by atoms with Gasteiger partial charge in [0.25, 0.3) is 0 Å². The predicted molar refractivity (Wildman–Crippen MR) is 67.6 cm³/mol. The molecule has 2 aromatic carbocycles. The van der Waals surface area contributed by atoms with Crippen LogP contribution in [0.25, 0.3) is 20.2 Å². The maximum atomic E-state index is 14.1. The third-order valence-electron chi connectivity index (χ3n) is 2.86. The zero-order valence-electron chi connectivity index (χ0n) is 9.96. The van der Waals surface area contributed by atoms with Gasteiger partial charge in [0, 0.05) is 10.8 Å². The van der Waals surface area contributed by atoms with Gasteiger partial charge in [-0.25, -0.2) is 8.78 Å². The molecule has 0 bridgehead atoms. The summed E-state index contributed by atoms with van der Waals surface area (Å²) in [4.78, 5) is 0. The third kappa shape index (κ3) is 2.25. The number of rotatable bonds is 1. The minimum atomic E-state index is -5.02. The Morgan fingerprint density at radius 2 is 1.48 bits per heavy atom. The van der Waals surface area contributed by atoms with E-state index in [1.807, 2.05) is 0 Å². The van der Waals surface area contributed by atoms with Crippen LogP contribution in [0.4, 0.5) is 22.0 Å². The molecular formula is C13H5F5O2S. The zero-order chi connectivity index (χ0) is 15.4. The summed E-state index contributed by atoms with van der Waals surface area (Å²) < 4.78 is 67.7. The molecule has 21 heavy (non-hydrogen) atoms. The number of ether oxygens (including phenoxy) is 1. The van der Waals surface area contributed by atoms with E-state index in [4.69, 9.17) is 0 Å². The molecule has 1 aromatic heterocycles. The molecule has 0 unspecified atom stereocenters. The average Bonchev–Trinajstić information content (AvgIpc) is 2.76. The molecule has 0 fully saturated rings. The number of alkyl halides is 3. The van der Waals surface area contributed by atoms with Crippen molar-refractivity contribution in [1.29, 1.82) is 0 Å². The van der Waals surface area contributed by atoms with E-state index >= 15 is 0 Å². The van der Waals surface area contributed by atoms with Crippen LogP contribution in [0.15, 0.2) is 24.3 Å². The Labute approximate surface area is 118 Å². The number of phenols is 1. The average molecular weight is 320 g/mol. The van der Waals surface area contributed by atoms with E-state index in [1.165, 1.54) is 12.1 Å². The number of phenolic OH excluding ortho intramolecular Hbond substituents is 1.